The molecule has 7 nitrogen and oxygen atoms in total. The molecule has 42 heavy (non-hydrogen) atoms. The van der Waals surface area contributed by atoms with Crippen molar-refractivity contribution in [1.29, 1.82) is 0 Å². The van der Waals surface area contributed by atoms with E-state index in [1.807, 2.05) is 0 Å². The molecule has 1 aliphatic rings. The van der Waals surface area contributed by atoms with Crippen LogP contribution in [0.5, 0.6) is 5.88 Å². The first-order valence-electron chi connectivity index (χ1n) is 14.0. The van der Waals surface area contributed by atoms with E-state index in [0.29, 0.717) is 47.6 Å². The molecule has 0 aliphatic carbocycles. The fourth-order valence-corrected chi connectivity index (χ4v) is 5.24. The first-order valence-corrected chi connectivity index (χ1v) is 14.4. The quantitative estimate of drug-likeness (QED) is 0.271. The number of aromatic nitrogens is 2. The van der Waals surface area contributed by atoms with Crippen LogP contribution >= 0.6 is 11.6 Å². The third kappa shape index (κ3) is 7.55. The second kappa shape index (κ2) is 12.5. The van der Waals surface area contributed by atoms with Gasteiger partial charge in [-0.3, -0.25) is 4.98 Å². The number of aryl methyl sites for hydroxylation is 1. The molecular weight excluding hydrogens is 564 g/mol. The molecule has 1 aliphatic heterocycles. The first-order chi connectivity index (χ1) is 19.6. The number of pyridine rings is 2. The van der Waals surface area contributed by atoms with Crippen molar-refractivity contribution in [2.45, 2.75) is 72.5 Å². The van der Waals surface area contributed by atoms with Crippen molar-refractivity contribution < 1.29 is 28.2 Å². The average molecular weight is 602 g/mol. The number of aliphatic carboxylic acids is 1. The Kier molecular flexibility index (Phi) is 9.42. The number of benzene rings is 1. The summed E-state index contributed by atoms with van der Waals surface area (Å²) in [6.45, 7) is 13.1. The molecule has 3 heterocycles. The molecule has 3 aromatic rings. The van der Waals surface area contributed by atoms with E-state index in [0.717, 1.165) is 18.4 Å². The van der Waals surface area contributed by atoms with Crippen LogP contribution in [0.3, 0.4) is 0 Å². The summed E-state index contributed by atoms with van der Waals surface area (Å²) < 4.78 is 40.4. The van der Waals surface area contributed by atoms with Crippen LogP contribution in [-0.2, 0) is 16.0 Å². The molecule has 10 heteroatoms. The van der Waals surface area contributed by atoms with Gasteiger partial charge in [0.15, 0.2) is 11.9 Å². The average Bonchev–Trinajstić information content (AvgIpc) is 2.90. The molecule has 0 radical (unpaired) electrons. The Bertz CT molecular complexity index is 1450. The van der Waals surface area contributed by atoms with Gasteiger partial charge in [-0.25, -0.2) is 18.6 Å². The van der Waals surface area contributed by atoms with E-state index in [1.54, 1.807) is 40.0 Å². The molecular formula is C32H38ClF2N3O4. The molecule has 0 unspecified atom stereocenters. The van der Waals surface area contributed by atoms with Crippen molar-refractivity contribution in [3.05, 3.63) is 70.1 Å². The summed E-state index contributed by atoms with van der Waals surface area (Å²) in [5, 5.41) is 10.3. The minimum absolute atomic E-state index is 0.0124. The molecule has 0 saturated carbocycles. The normalized spacial score (nSPS) is 15.9. The highest BCUT2D eigenvalue weighted by Gasteiger charge is 2.36. The number of carboxylic acids is 1. The molecule has 0 bridgehead atoms. The Morgan fingerprint density at radius 2 is 1.81 bits per heavy atom. The lowest BCUT2D eigenvalue weighted by Gasteiger charge is -2.40. The smallest absolute Gasteiger partial charge is 0.337 e. The fourth-order valence-electron chi connectivity index (χ4n) is 5.04. The zero-order valence-electron chi connectivity index (χ0n) is 24.9. The number of anilines is 1. The van der Waals surface area contributed by atoms with Crippen LogP contribution in [0, 0.1) is 24.0 Å². The van der Waals surface area contributed by atoms with Gasteiger partial charge in [-0.1, -0.05) is 31.5 Å². The van der Waals surface area contributed by atoms with E-state index in [9.17, 15) is 14.3 Å². The summed E-state index contributed by atoms with van der Waals surface area (Å²) in [6.07, 6.45) is 4.06. The van der Waals surface area contributed by atoms with Crippen molar-refractivity contribution in [1.82, 2.24) is 9.97 Å². The summed E-state index contributed by atoms with van der Waals surface area (Å²) in [5.74, 6) is -2.47. The Morgan fingerprint density at radius 1 is 1.12 bits per heavy atom. The summed E-state index contributed by atoms with van der Waals surface area (Å²) in [6, 6.07) is 5.70. The summed E-state index contributed by atoms with van der Waals surface area (Å²) in [7, 11) is 0. The van der Waals surface area contributed by atoms with Gasteiger partial charge >= 0.3 is 5.97 Å². The predicted octanol–water partition coefficient (Wildman–Crippen LogP) is 7.57. The highest BCUT2D eigenvalue weighted by Crippen LogP contribution is 2.43. The molecule has 0 spiro atoms. The van der Waals surface area contributed by atoms with Gasteiger partial charge in [0.2, 0.25) is 5.88 Å². The number of carbonyl (C=O) groups is 1. The number of piperidine rings is 1. The van der Waals surface area contributed by atoms with Crippen molar-refractivity contribution in [3.8, 4) is 17.0 Å². The van der Waals surface area contributed by atoms with Crippen LogP contribution in [0.25, 0.3) is 11.1 Å². The molecule has 2 aromatic heterocycles. The lowest BCUT2D eigenvalue weighted by atomic mass is 9.82. The Hall–Kier alpha value is -3.30. The number of ether oxygens (including phenoxy) is 2. The van der Waals surface area contributed by atoms with E-state index in [-0.39, 0.29) is 22.9 Å². The number of hydrogen-bond donors (Lipinski definition) is 1. The van der Waals surface area contributed by atoms with Crippen molar-refractivity contribution >= 4 is 23.3 Å². The zero-order valence-corrected chi connectivity index (χ0v) is 25.7. The van der Waals surface area contributed by atoms with Crippen LogP contribution in [0.1, 0.15) is 70.4 Å². The zero-order chi connectivity index (χ0) is 30.8. The van der Waals surface area contributed by atoms with E-state index in [2.05, 4.69) is 28.7 Å². The molecule has 0 amide bonds. The van der Waals surface area contributed by atoms with Crippen LogP contribution in [0.4, 0.5) is 14.5 Å². The second-order valence-electron chi connectivity index (χ2n) is 12.5. The maximum atomic E-state index is 15.3. The standard InChI is InChI=1S/C32H38ClF2N3O4/c1-19-26(28(30(39)40)42-31(2,3)4)27(38-12-10-32(5,6)11-13-38)22(18-36-19)21-16-25(35)29(37-17-21)41-14-9-20-7-8-24(34)23(33)15-20/h7-8,15-18,28H,9-14H2,1-6H3,(H,39,40)/t28-/m0/s1. The largest absolute Gasteiger partial charge is 0.479 e. The third-order valence-electron chi connectivity index (χ3n) is 7.41. The lowest BCUT2D eigenvalue weighted by Crippen LogP contribution is -2.39. The summed E-state index contributed by atoms with van der Waals surface area (Å²) >= 11 is 5.85. The van der Waals surface area contributed by atoms with Crippen LogP contribution in [-0.4, -0.2) is 46.3 Å². The molecule has 1 saturated heterocycles. The van der Waals surface area contributed by atoms with Gasteiger partial charge in [0.05, 0.1) is 22.9 Å². The monoisotopic (exact) mass is 601 g/mol. The van der Waals surface area contributed by atoms with Gasteiger partial charge in [0, 0.05) is 54.3 Å². The summed E-state index contributed by atoms with van der Waals surface area (Å²) in [5.41, 5.74) is 2.82. The molecule has 4 rings (SSSR count). The predicted molar refractivity (Wildman–Crippen MR) is 159 cm³/mol. The van der Waals surface area contributed by atoms with E-state index in [1.165, 1.54) is 24.4 Å². The number of hydrogen-bond acceptors (Lipinski definition) is 6. The molecule has 1 fully saturated rings. The summed E-state index contributed by atoms with van der Waals surface area (Å²) in [4.78, 5) is 23.5. The Labute approximate surface area is 250 Å². The van der Waals surface area contributed by atoms with Crippen LogP contribution in [0.2, 0.25) is 5.02 Å². The Balaban J connectivity index is 1.70. The van der Waals surface area contributed by atoms with Crippen molar-refractivity contribution in [3.63, 3.8) is 0 Å². The number of halogens is 3. The highest BCUT2D eigenvalue weighted by atomic mass is 35.5. The SMILES string of the molecule is Cc1ncc(-c2cnc(OCCc3ccc(F)c(Cl)c3)c(F)c2)c(N2CCC(C)(C)CC2)c1[C@H](OC(C)(C)C)C(=O)O. The van der Waals surface area contributed by atoms with Gasteiger partial charge in [-0.2, -0.15) is 0 Å². The minimum atomic E-state index is -1.28. The molecule has 1 aromatic carbocycles. The van der Waals surface area contributed by atoms with E-state index >= 15 is 4.39 Å². The van der Waals surface area contributed by atoms with E-state index in [4.69, 9.17) is 21.1 Å². The first kappa shape index (κ1) is 31.6. The van der Waals surface area contributed by atoms with Gasteiger partial charge in [0.1, 0.15) is 5.82 Å². The van der Waals surface area contributed by atoms with E-state index < -0.39 is 29.3 Å². The van der Waals surface area contributed by atoms with Gasteiger partial charge < -0.3 is 19.5 Å². The van der Waals surface area contributed by atoms with Crippen LogP contribution in [0.15, 0.2) is 36.7 Å². The van der Waals surface area contributed by atoms with Crippen LogP contribution < -0.4 is 9.64 Å². The Morgan fingerprint density at radius 3 is 2.40 bits per heavy atom. The third-order valence-corrected chi connectivity index (χ3v) is 7.70. The number of carboxylic acid groups (broad SMARTS) is 1. The van der Waals surface area contributed by atoms with Gasteiger partial charge in [0.25, 0.3) is 0 Å². The maximum absolute atomic E-state index is 15.3. The number of nitrogens with zero attached hydrogens (tertiary/aromatic N) is 3. The van der Waals surface area contributed by atoms with Crippen molar-refractivity contribution in [2.24, 2.45) is 5.41 Å². The second-order valence-corrected chi connectivity index (χ2v) is 12.9. The number of rotatable bonds is 9. The van der Waals surface area contributed by atoms with Gasteiger partial charge in [-0.05, 0) is 69.7 Å². The van der Waals surface area contributed by atoms with Crippen molar-refractivity contribution in [2.75, 3.05) is 24.6 Å². The lowest BCUT2D eigenvalue weighted by molar-refractivity contribution is -0.160. The topological polar surface area (TPSA) is 84.8 Å². The molecule has 226 valence electrons. The molecule has 1 N–H and O–H groups in total. The molecule has 1 atom stereocenters. The van der Waals surface area contributed by atoms with Gasteiger partial charge in [-0.15, -0.1) is 0 Å². The fraction of sp³-hybridized carbons (Fsp3) is 0.469. The minimum Gasteiger partial charge on any atom is -0.479 e. The highest BCUT2D eigenvalue weighted by molar-refractivity contribution is 6.30. The maximum Gasteiger partial charge on any atom is 0.337 e.